The highest BCUT2D eigenvalue weighted by Crippen LogP contribution is 2.13. The molecular formula is C12H19N3S. The molecule has 88 valence electrons. The van der Waals surface area contributed by atoms with Crippen LogP contribution in [0.5, 0.6) is 0 Å². The summed E-state index contributed by atoms with van der Waals surface area (Å²) < 4.78 is 0. The zero-order valence-corrected chi connectivity index (χ0v) is 10.9. The van der Waals surface area contributed by atoms with Crippen LogP contribution in [0.25, 0.3) is 0 Å². The molecule has 0 saturated heterocycles. The summed E-state index contributed by atoms with van der Waals surface area (Å²) in [6.07, 6.45) is 0. The number of rotatable bonds is 5. The van der Waals surface area contributed by atoms with Gasteiger partial charge in [-0.15, -0.1) is 0 Å². The maximum atomic E-state index is 5.58. The number of pyridine rings is 1. The van der Waals surface area contributed by atoms with Gasteiger partial charge in [-0.3, -0.25) is 0 Å². The van der Waals surface area contributed by atoms with Crippen molar-refractivity contribution in [2.75, 3.05) is 18.0 Å². The molecule has 1 aromatic heterocycles. The third-order valence-electron chi connectivity index (χ3n) is 2.28. The van der Waals surface area contributed by atoms with Gasteiger partial charge in [-0.05, 0) is 25.0 Å². The third-order valence-corrected chi connectivity index (χ3v) is 2.49. The predicted octanol–water partition coefficient (Wildman–Crippen LogP) is 2.20. The number of anilines is 1. The van der Waals surface area contributed by atoms with E-state index in [0.29, 0.717) is 16.6 Å². The number of hydrogen-bond acceptors (Lipinski definition) is 3. The highest BCUT2D eigenvalue weighted by molar-refractivity contribution is 7.80. The van der Waals surface area contributed by atoms with Crippen LogP contribution in [0, 0.1) is 5.92 Å². The molecule has 0 bridgehead atoms. The third kappa shape index (κ3) is 3.45. The smallest absolute Gasteiger partial charge is 0.129 e. The van der Waals surface area contributed by atoms with Gasteiger partial charge in [0.05, 0.1) is 5.69 Å². The van der Waals surface area contributed by atoms with Crippen molar-refractivity contribution in [1.82, 2.24) is 4.98 Å². The van der Waals surface area contributed by atoms with E-state index in [9.17, 15) is 0 Å². The van der Waals surface area contributed by atoms with Crippen molar-refractivity contribution >= 4 is 23.0 Å². The Morgan fingerprint density at radius 3 is 2.69 bits per heavy atom. The van der Waals surface area contributed by atoms with Crippen LogP contribution in [0.3, 0.4) is 0 Å². The van der Waals surface area contributed by atoms with Gasteiger partial charge in [-0.1, -0.05) is 32.1 Å². The summed E-state index contributed by atoms with van der Waals surface area (Å²) in [6, 6.07) is 5.78. The molecule has 1 heterocycles. The summed E-state index contributed by atoms with van der Waals surface area (Å²) in [7, 11) is 0. The minimum Gasteiger partial charge on any atom is -0.388 e. The second kappa shape index (κ2) is 5.80. The Balaban J connectivity index is 2.92. The fourth-order valence-corrected chi connectivity index (χ4v) is 1.68. The Hall–Kier alpha value is -1.16. The van der Waals surface area contributed by atoms with E-state index in [1.54, 1.807) is 0 Å². The average Bonchev–Trinajstić information content (AvgIpc) is 2.25. The topological polar surface area (TPSA) is 42.1 Å². The first-order valence-electron chi connectivity index (χ1n) is 5.56. The maximum Gasteiger partial charge on any atom is 0.129 e. The van der Waals surface area contributed by atoms with Crippen molar-refractivity contribution in [3.8, 4) is 0 Å². The zero-order chi connectivity index (χ0) is 12.1. The van der Waals surface area contributed by atoms with Crippen molar-refractivity contribution in [3.63, 3.8) is 0 Å². The molecule has 0 amide bonds. The predicted molar refractivity (Wildman–Crippen MR) is 72.8 cm³/mol. The highest BCUT2D eigenvalue weighted by atomic mass is 32.1. The second-order valence-corrected chi connectivity index (χ2v) is 4.62. The Labute approximate surface area is 103 Å². The molecule has 0 radical (unpaired) electrons. The number of aromatic nitrogens is 1. The summed E-state index contributed by atoms with van der Waals surface area (Å²) in [5.41, 5.74) is 6.27. The molecule has 0 spiro atoms. The van der Waals surface area contributed by atoms with E-state index in [2.05, 4.69) is 30.7 Å². The van der Waals surface area contributed by atoms with Crippen LogP contribution in [0.4, 0.5) is 5.82 Å². The Kier molecular flexibility index (Phi) is 4.68. The summed E-state index contributed by atoms with van der Waals surface area (Å²) in [6.45, 7) is 8.44. The van der Waals surface area contributed by atoms with Crippen LogP contribution in [0.15, 0.2) is 18.2 Å². The fraction of sp³-hybridized carbons (Fsp3) is 0.500. The monoisotopic (exact) mass is 237 g/mol. The molecule has 1 rings (SSSR count). The van der Waals surface area contributed by atoms with Gasteiger partial charge < -0.3 is 10.6 Å². The molecule has 4 heteroatoms. The van der Waals surface area contributed by atoms with Crippen LogP contribution in [0.1, 0.15) is 26.5 Å². The van der Waals surface area contributed by atoms with E-state index >= 15 is 0 Å². The summed E-state index contributed by atoms with van der Waals surface area (Å²) in [5.74, 6) is 1.55. The van der Waals surface area contributed by atoms with Gasteiger partial charge in [0.2, 0.25) is 0 Å². The molecule has 2 N–H and O–H groups in total. The SMILES string of the molecule is CCN(CC(C)C)c1cccc(C(N)=S)n1. The van der Waals surface area contributed by atoms with E-state index in [4.69, 9.17) is 18.0 Å². The summed E-state index contributed by atoms with van der Waals surface area (Å²) in [4.78, 5) is 7.03. The summed E-state index contributed by atoms with van der Waals surface area (Å²) >= 11 is 4.93. The fourth-order valence-electron chi connectivity index (χ4n) is 1.56. The van der Waals surface area contributed by atoms with E-state index in [1.165, 1.54) is 0 Å². The lowest BCUT2D eigenvalue weighted by atomic mass is 10.2. The van der Waals surface area contributed by atoms with Gasteiger partial charge in [-0.25, -0.2) is 4.98 Å². The quantitative estimate of drug-likeness (QED) is 0.797. The van der Waals surface area contributed by atoms with Crippen molar-refractivity contribution in [2.24, 2.45) is 11.7 Å². The molecule has 0 saturated carbocycles. The first-order valence-corrected chi connectivity index (χ1v) is 5.97. The van der Waals surface area contributed by atoms with Gasteiger partial charge in [0.25, 0.3) is 0 Å². The van der Waals surface area contributed by atoms with Crippen LogP contribution in [-0.2, 0) is 0 Å². The number of nitrogens with two attached hydrogens (primary N) is 1. The van der Waals surface area contributed by atoms with E-state index in [0.717, 1.165) is 18.9 Å². The normalized spacial score (nSPS) is 10.5. The molecule has 0 aliphatic rings. The minimum absolute atomic E-state index is 0.349. The maximum absolute atomic E-state index is 5.58. The van der Waals surface area contributed by atoms with Crippen LogP contribution < -0.4 is 10.6 Å². The number of thiocarbonyl (C=S) groups is 1. The van der Waals surface area contributed by atoms with E-state index < -0.39 is 0 Å². The lowest BCUT2D eigenvalue weighted by molar-refractivity contribution is 0.614. The van der Waals surface area contributed by atoms with Gasteiger partial charge >= 0.3 is 0 Å². The van der Waals surface area contributed by atoms with Gasteiger partial charge in [0, 0.05) is 13.1 Å². The molecule has 0 aliphatic heterocycles. The molecule has 0 aromatic carbocycles. The Morgan fingerprint density at radius 2 is 2.19 bits per heavy atom. The molecule has 16 heavy (non-hydrogen) atoms. The zero-order valence-electron chi connectivity index (χ0n) is 10.1. The van der Waals surface area contributed by atoms with Crippen molar-refractivity contribution in [3.05, 3.63) is 23.9 Å². The van der Waals surface area contributed by atoms with Gasteiger partial charge in [-0.2, -0.15) is 0 Å². The molecule has 1 aromatic rings. The Bertz CT molecular complexity index is 363. The molecular weight excluding hydrogens is 218 g/mol. The molecule has 0 atom stereocenters. The largest absolute Gasteiger partial charge is 0.388 e. The summed E-state index contributed by atoms with van der Waals surface area (Å²) in [5, 5.41) is 0. The highest BCUT2D eigenvalue weighted by Gasteiger charge is 2.08. The van der Waals surface area contributed by atoms with Gasteiger partial charge in [0.1, 0.15) is 10.8 Å². The van der Waals surface area contributed by atoms with Crippen molar-refractivity contribution in [1.29, 1.82) is 0 Å². The molecule has 0 aliphatic carbocycles. The molecule has 0 fully saturated rings. The standard InChI is InChI=1S/C12H19N3S/c1-4-15(8-9(2)3)11-7-5-6-10(14-11)12(13)16/h5-7,9H,4,8H2,1-3H3,(H2,13,16). The molecule has 0 unspecified atom stereocenters. The minimum atomic E-state index is 0.349. The number of hydrogen-bond donors (Lipinski definition) is 1. The van der Waals surface area contributed by atoms with Crippen LogP contribution >= 0.6 is 12.2 Å². The lowest BCUT2D eigenvalue weighted by Crippen LogP contribution is -2.28. The first kappa shape index (κ1) is 12.9. The molecule has 3 nitrogen and oxygen atoms in total. The van der Waals surface area contributed by atoms with Crippen LogP contribution in [-0.4, -0.2) is 23.1 Å². The van der Waals surface area contributed by atoms with Crippen molar-refractivity contribution < 1.29 is 0 Å². The number of nitrogens with zero attached hydrogens (tertiary/aromatic N) is 2. The van der Waals surface area contributed by atoms with E-state index in [1.807, 2.05) is 18.2 Å². The van der Waals surface area contributed by atoms with Gasteiger partial charge in [0.15, 0.2) is 0 Å². The Morgan fingerprint density at radius 1 is 1.50 bits per heavy atom. The van der Waals surface area contributed by atoms with Crippen molar-refractivity contribution in [2.45, 2.75) is 20.8 Å². The second-order valence-electron chi connectivity index (χ2n) is 4.18. The lowest BCUT2D eigenvalue weighted by Gasteiger charge is -2.24. The van der Waals surface area contributed by atoms with E-state index in [-0.39, 0.29) is 0 Å². The first-order chi connectivity index (χ1) is 7.54. The van der Waals surface area contributed by atoms with Crippen LogP contribution in [0.2, 0.25) is 0 Å². The average molecular weight is 237 g/mol.